The maximum absolute atomic E-state index is 12.6. The summed E-state index contributed by atoms with van der Waals surface area (Å²) in [7, 11) is 0. The van der Waals surface area contributed by atoms with Gasteiger partial charge in [0.15, 0.2) is 0 Å². The molecule has 170 valence electrons. The van der Waals surface area contributed by atoms with Crippen molar-refractivity contribution in [1.29, 1.82) is 0 Å². The van der Waals surface area contributed by atoms with E-state index in [1.54, 1.807) is 0 Å². The highest BCUT2D eigenvalue weighted by Crippen LogP contribution is 2.03. The third-order valence-electron chi connectivity index (χ3n) is 3.79. The van der Waals surface area contributed by atoms with Gasteiger partial charge in [0.1, 0.15) is 18.6 Å². The van der Waals surface area contributed by atoms with Crippen molar-refractivity contribution in [2.75, 3.05) is 13.1 Å². The third kappa shape index (κ3) is 11.6. The molecule has 0 fully saturated rings. The predicted octanol–water partition coefficient (Wildman–Crippen LogP) is -4.64. The van der Waals surface area contributed by atoms with Crippen LogP contribution in [0.25, 0.3) is 0 Å². The van der Waals surface area contributed by atoms with Crippen molar-refractivity contribution in [2.24, 2.45) is 22.9 Å². The number of rotatable bonds is 15. The van der Waals surface area contributed by atoms with Gasteiger partial charge in [-0.15, -0.1) is 0 Å². The smallest absolute Gasteiger partial charge is 0.322 e. The van der Waals surface area contributed by atoms with Gasteiger partial charge in [-0.1, -0.05) is 0 Å². The second-order valence-corrected chi connectivity index (χ2v) is 6.47. The summed E-state index contributed by atoms with van der Waals surface area (Å²) in [5.41, 5.74) is 21.0. The van der Waals surface area contributed by atoms with Crippen molar-refractivity contribution in [3.05, 3.63) is 0 Å². The number of amides is 5. The Balaban J connectivity index is 5.26. The van der Waals surface area contributed by atoms with Crippen LogP contribution in [0, 0.1) is 0 Å². The Bertz CT molecular complexity index is 656. The second kappa shape index (κ2) is 13.8. The van der Waals surface area contributed by atoms with Crippen LogP contribution in [0.3, 0.4) is 0 Å². The maximum Gasteiger partial charge on any atom is 0.322 e. The van der Waals surface area contributed by atoms with Crippen molar-refractivity contribution in [3.8, 4) is 0 Å². The predicted molar refractivity (Wildman–Crippen MR) is 103 cm³/mol. The van der Waals surface area contributed by atoms with Crippen molar-refractivity contribution in [2.45, 2.75) is 50.2 Å². The topological polar surface area (TPSA) is 263 Å². The summed E-state index contributed by atoms with van der Waals surface area (Å²) >= 11 is 0. The van der Waals surface area contributed by atoms with Crippen molar-refractivity contribution in [1.82, 2.24) is 16.0 Å². The number of carboxylic acid groups (broad SMARTS) is 1. The number of unbranched alkanes of at least 4 members (excludes halogenated alkanes) is 1. The third-order valence-corrected chi connectivity index (χ3v) is 3.79. The van der Waals surface area contributed by atoms with Gasteiger partial charge in [0.25, 0.3) is 0 Å². The number of hydrogen-bond donors (Lipinski definition) is 8. The largest absolute Gasteiger partial charge is 0.480 e. The molecule has 0 bridgehead atoms. The summed E-state index contributed by atoms with van der Waals surface area (Å²) in [6.45, 7) is -0.318. The Kier molecular flexibility index (Phi) is 12.3. The quantitative estimate of drug-likeness (QED) is 0.116. The number of nitrogens with one attached hydrogen (secondary N) is 3. The van der Waals surface area contributed by atoms with E-state index in [-0.39, 0.29) is 6.42 Å². The van der Waals surface area contributed by atoms with E-state index in [9.17, 15) is 28.8 Å². The number of carbonyl (C=O) groups is 6. The van der Waals surface area contributed by atoms with Gasteiger partial charge in [0, 0.05) is 0 Å². The SMILES string of the molecule is NCCCCC(NC(=O)C(CC(N)=O)NC(=O)C(N)CC(N)=O)C(=O)NCC(=O)O. The zero-order chi connectivity index (χ0) is 23.3. The summed E-state index contributed by atoms with van der Waals surface area (Å²) in [5.74, 6) is -5.66. The highest BCUT2D eigenvalue weighted by atomic mass is 16.4. The summed E-state index contributed by atoms with van der Waals surface area (Å²) in [6.07, 6.45) is 0.0241. The first-order valence-corrected chi connectivity index (χ1v) is 9.10. The van der Waals surface area contributed by atoms with Gasteiger partial charge in [-0.05, 0) is 25.8 Å². The van der Waals surface area contributed by atoms with Crippen LogP contribution >= 0.6 is 0 Å². The molecular formula is C16H29N7O7. The molecule has 3 unspecified atom stereocenters. The van der Waals surface area contributed by atoms with Crippen LogP contribution < -0.4 is 38.9 Å². The first-order chi connectivity index (χ1) is 14.0. The Morgan fingerprint density at radius 1 is 0.800 bits per heavy atom. The summed E-state index contributed by atoms with van der Waals surface area (Å²) in [5, 5.41) is 15.4. The molecule has 0 radical (unpaired) electrons. The molecule has 0 spiro atoms. The molecule has 0 aromatic heterocycles. The molecule has 0 heterocycles. The van der Waals surface area contributed by atoms with E-state index in [4.69, 9.17) is 28.0 Å². The van der Waals surface area contributed by atoms with E-state index in [1.165, 1.54) is 0 Å². The molecule has 0 aromatic rings. The molecule has 0 rings (SSSR count). The average molecular weight is 431 g/mol. The van der Waals surface area contributed by atoms with E-state index in [1.807, 2.05) is 0 Å². The molecule has 14 nitrogen and oxygen atoms in total. The molecule has 0 aromatic carbocycles. The lowest BCUT2D eigenvalue weighted by Crippen LogP contribution is -2.57. The zero-order valence-corrected chi connectivity index (χ0v) is 16.4. The minimum absolute atomic E-state index is 0.132. The van der Waals surface area contributed by atoms with Gasteiger partial charge in [0.05, 0.1) is 18.9 Å². The highest BCUT2D eigenvalue weighted by molar-refractivity contribution is 5.96. The van der Waals surface area contributed by atoms with Gasteiger partial charge in [-0.25, -0.2) is 0 Å². The number of nitrogens with two attached hydrogens (primary N) is 4. The van der Waals surface area contributed by atoms with Crippen LogP contribution in [0.5, 0.6) is 0 Å². The van der Waals surface area contributed by atoms with E-state index in [2.05, 4.69) is 16.0 Å². The maximum atomic E-state index is 12.6. The molecule has 14 heteroatoms. The minimum atomic E-state index is -1.47. The molecule has 12 N–H and O–H groups in total. The fourth-order valence-corrected chi connectivity index (χ4v) is 2.32. The zero-order valence-electron chi connectivity index (χ0n) is 16.4. The number of hydrogen-bond acceptors (Lipinski definition) is 8. The molecule has 0 saturated heterocycles. The monoisotopic (exact) mass is 431 g/mol. The standard InChI is InChI=1S/C16H29N7O7/c17-4-2-1-3-9(15(29)21-7-13(26)27)22-16(30)10(6-12(20)25)23-14(28)8(18)5-11(19)24/h8-10H,1-7,17-18H2,(H2,19,24)(H2,20,25)(H,21,29)(H,22,30)(H,23,28)(H,26,27). The number of carboxylic acids is 1. The molecule has 30 heavy (non-hydrogen) atoms. The molecule has 0 aliphatic carbocycles. The van der Waals surface area contributed by atoms with Gasteiger partial charge >= 0.3 is 5.97 Å². The van der Waals surface area contributed by atoms with Gasteiger partial charge in [0.2, 0.25) is 29.5 Å². The lowest BCUT2D eigenvalue weighted by molar-refractivity contribution is -0.138. The molecular weight excluding hydrogens is 402 g/mol. The highest BCUT2D eigenvalue weighted by Gasteiger charge is 2.29. The summed E-state index contributed by atoms with van der Waals surface area (Å²) < 4.78 is 0. The fraction of sp³-hybridized carbons (Fsp3) is 0.625. The summed E-state index contributed by atoms with van der Waals surface area (Å²) in [6, 6.07) is -3.97. The Labute approximate surface area is 172 Å². The fourth-order valence-electron chi connectivity index (χ4n) is 2.32. The number of primary amides is 2. The lowest BCUT2D eigenvalue weighted by atomic mass is 10.1. The first-order valence-electron chi connectivity index (χ1n) is 9.10. The average Bonchev–Trinajstić information content (AvgIpc) is 2.63. The van der Waals surface area contributed by atoms with E-state index < -0.39 is 73.0 Å². The Morgan fingerprint density at radius 3 is 1.87 bits per heavy atom. The van der Waals surface area contributed by atoms with Crippen LogP contribution in [0.2, 0.25) is 0 Å². The van der Waals surface area contributed by atoms with Crippen LogP contribution in [0.15, 0.2) is 0 Å². The number of aliphatic carboxylic acids is 1. The molecule has 0 aliphatic rings. The molecule has 0 aliphatic heterocycles. The molecule has 3 atom stereocenters. The van der Waals surface area contributed by atoms with Crippen molar-refractivity contribution < 1.29 is 33.9 Å². The second-order valence-electron chi connectivity index (χ2n) is 6.47. The van der Waals surface area contributed by atoms with Crippen LogP contribution in [-0.2, 0) is 28.8 Å². The van der Waals surface area contributed by atoms with Gasteiger partial charge in [-0.3, -0.25) is 28.8 Å². The molecule has 5 amide bonds. The van der Waals surface area contributed by atoms with Gasteiger partial charge < -0.3 is 44.0 Å². The first kappa shape index (κ1) is 26.7. The van der Waals surface area contributed by atoms with Crippen LogP contribution in [-0.4, -0.2) is 71.8 Å². The lowest BCUT2D eigenvalue weighted by Gasteiger charge is -2.23. The normalized spacial score (nSPS) is 13.4. The van der Waals surface area contributed by atoms with Crippen molar-refractivity contribution in [3.63, 3.8) is 0 Å². The Hall–Kier alpha value is -3.26. The van der Waals surface area contributed by atoms with Crippen LogP contribution in [0.1, 0.15) is 32.1 Å². The van der Waals surface area contributed by atoms with E-state index in [0.29, 0.717) is 19.4 Å². The number of carbonyl (C=O) groups excluding carboxylic acids is 5. The summed E-state index contributed by atoms with van der Waals surface area (Å²) in [4.78, 5) is 69.6. The Morgan fingerprint density at radius 2 is 1.37 bits per heavy atom. The minimum Gasteiger partial charge on any atom is -0.480 e. The van der Waals surface area contributed by atoms with Crippen LogP contribution in [0.4, 0.5) is 0 Å². The molecule has 0 saturated carbocycles. The van der Waals surface area contributed by atoms with E-state index >= 15 is 0 Å². The van der Waals surface area contributed by atoms with E-state index in [0.717, 1.165) is 0 Å². The van der Waals surface area contributed by atoms with Crippen molar-refractivity contribution >= 4 is 35.5 Å². The van der Waals surface area contributed by atoms with Gasteiger partial charge in [-0.2, -0.15) is 0 Å².